The maximum atomic E-state index is 8.86. The normalized spacial score (nSPS) is 15.1. The van der Waals surface area contributed by atoms with Gasteiger partial charge < -0.3 is 10.2 Å². The molecule has 124 valence electrons. The number of anilines is 2. The van der Waals surface area contributed by atoms with Crippen LogP contribution in [0.2, 0.25) is 0 Å². The lowest BCUT2D eigenvalue weighted by Gasteiger charge is -2.33. The van der Waals surface area contributed by atoms with E-state index in [9.17, 15) is 0 Å². The Labute approximate surface area is 146 Å². The fourth-order valence-electron chi connectivity index (χ4n) is 3.25. The van der Waals surface area contributed by atoms with E-state index in [0.717, 1.165) is 48.5 Å². The number of nitrogens with zero attached hydrogens (tertiary/aromatic N) is 4. The van der Waals surface area contributed by atoms with E-state index in [1.54, 1.807) is 6.20 Å². The van der Waals surface area contributed by atoms with Gasteiger partial charge in [0, 0.05) is 30.7 Å². The van der Waals surface area contributed by atoms with E-state index in [2.05, 4.69) is 39.5 Å². The number of para-hydroxylation sites is 1. The highest BCUT2D eigenvalue weighted by Crippen LogP contribution is 2.21. The third-order valence-corrected chi connectivity index (χ3v) is 4.65. The molecule has 1 N–H and O–H groups in total. The fourth-order valence-corrected chi connectivity index (χ4v) is 3.25. The smallest absolute Gasteiger partial charge is 0.128 e. The van der Waals surface area contributed by atoms with Gasteiger partial charge in [0.25, 0.3) is 0 Å². The molecule has 0 atom stereocenters. The molecular weight excluding hydrogens is 310 g/mol. The van der Waals surface area contributed by atoms with Gasteiger partial charge in [-0.1, -0.05) is 18.2 Å². The monoisotopic (exact) mass is 329 g/mol. The van der Waals surface area contributed by atoms with Crippen molar-refractivity contribution in [2.45, 2.75) is 18.9 Å². The molecule has 1 fully saturated rings. The number of nitriles is 1. The minimum Gasteiger partial charge on any atom is -0.367 e. The van der Waals surface area contributed by atoms with Crippen LogP contribution in [0.5, 0.6) is 0 Å². The molecule has 0 radical (unpaired) electrons. The van der Waals surface area contributed by atoms with Crippen LogP contribution >= 0.6 is 0 Å². The quantitative estimate of drug-likeness (QED) is 0.795. The standard InChI is InChI=1S/C20H19N5/c21-13-15-5-8-20(22-14-15)25-11-9-17(10-12-25)23-19-7-6-16-3-1-2-4-18(16)24-19/h1-8,14,17H,9-12H2,(H,23,24). The Kier molecular flexibility index (Phi) is 4.17. The Balaban J connectivity index is 1.38. The van der Waals surface area contributed by atoms with Crippen LogP contribution in [-0.4, -0.2) is 29.1 Å². The molecule has 25 heavy (non-hydrogen) atoms. The van der Waals surface area contributed by atoms with Crippen LogP contribution in [0.3, 0.4) is 0 Å². The maximum absolute atomic E-state index is 8.86. The fraction of sp³-hybridized carbons (Fsp3) is 0.250. The summed E-state index contributed by atoms with van der Waals surface area (Å²) in [4.78, 5) is 11.4. The molecule has 2 aromatic heterocycles. The summed E-state index contributed by atoms with van der Waals surface area (Å²) in [5.74, 6) is 1.88. The number of aromatic nitrogens is 2. The number of piperidine rings is 1. The molecule has 0 aliphatic carbocycles. The SMILES string of the molecule is N#Cc1ccc(N2CCC(Nc3ccc4ccccc4n3)CC2)nc1. The van der Waals surface area contributed by atoms with E-state index < -0.39 is 0 Å². The number of rotatable bonds is 3. The van der Waals surface area contributed by atoms with E-state index in [0.29, 0.717) is 11.6 Å². The maximum Gasteiger partial charge on any atom is 0.128 e. The van der Waals surface area contributed by atoms with Gasteiger partial charge in [-0.3, -0.25) is 0 Å². The van der Waals surface area contributed by atoms with Crippen molar-refractivity contribution < 1.29 is 0 Å². The second kappa shape index (κ2) is 6.78. The Morgan fingerprint density at radius 3 is 2.64 bits per heavy atom. The van der Waals surface area contributed by atoms with Crippen molar-refractivity contribution in [1.82, 2.24) is 9.97 Å². The van der Waals surface area contributed by atoms with E-state index in [1.165, 1.54) is 0 Å². The summed E-state index contributed by atoms with van der Waals surface area (Å²) >= 11 is 0. The first-order valence-corrected chi connectivity index (χ1v) is 8.55. The van der Waals surface area contributed by atoms with Crippen LogP contribution in [0.15, 0.2) is 54.7 Å². The highest BCUT2D eigenvalue weighted by atomic mass is 15.2. The topological polar surface area (TPSA) is 64.8 Å². The Morgan fingerprint density at radius 1 is 1.04 bits per heavy atom. The van der Waals surface area contributed by atoms with Gasteiger partial charge >= 0.3 is 0 Å². The van der Waals surface area contributed by atoms with Gasteiger partial charge in [-0.25, -0.2) is 9.97 Å². The van der Waals surface area contributed by atoms with E-state index in [4.69, 9.17) is 10.2 Å². The van der Waals surface area contributed by atoms with Crippen LogP contribution in [0.25, 0.3) is 10.9 Å². The number of fused-ring (bicyclic) bond motifs is 1. The predicted molar refractivity (Wildman–Crippen MR) is 99.6 cm³/mol. The van der Waals surface area contributed by atoms with Crippen LogP contribution in [-0.2, 0) is 0 Å². The second-order valence-electron chi connectivity index (χ2n) is 6.31. The molecule has 5 heteroatoms. The van der Waals surface area contributed by atoms with Gasteiger partial charge in [0.2, 0.25) is 0 Å². The van der Waals surface area contributed by atoms with E-state index >= 15 is 0 Å². The highest BCUT2D eigenvalue weighted by molar-refractivity contribution is 5.80. The number of nitrogens with one attached hydrogen (secondary N) is 1. The van der Waals surface area contributed by atoms with E-state index in [-0.39, 0.29) is 0 Å². The molecular formula is C20H19N5. The zero-order chi connectivity index (χ0) is 17.1. The Bertz CT molecular complexity index is 905. The Hall–Kier alpha value is -3.13. The molecule has 5 nitrogen and oxygen atoms in total. The summed E-state index contributed by atoms with van der Waals surface area (Å²) < 4.78 is 0. The molecule has 1 aromatic carbocycles. The van der Waals surface area contributed by atoms with Gasteiger partial charge in [0.1, 0.15) is 17.7 Å². The lowest BCUT2D eigenvalue weighted by atomic mass is 10.0. The molecule has 4 rings (SSSR count). The van der Waals surface area contributed by atoms with Crippen molar-refractivity contribution in [2.75, 3.05) is 23.3 Å². The van der Waals surface area contributed by atoms with Gasteiger partial charge in [-0.15, -0.1) is 0 Å². The van der Waals surface area contributed by atoms with Crippen molar-refractivity contribution in [3.05, 3.63) is 60.3 Å². The number of pyridine rings is 2. The average Bonchev–Trinajstić information content (AvgIpc) is 2.69. The first-order chi connectivity index (χ1) is 12.3. The van der Waals surface area contributed by atoms with Crippen molar-refractivity contribution in [3.63, 3.8) is 0 Å². The summed E-state index contributed by atoms with van der Waals surface area (Å²) in [7, 11) is 0. The molecule has 1 aliphatic heterocycles. The van der Waals surface area contributed by atoms with Crippen LogP contribution in [0.4, 0.5) is 11.6 Å². The average molecular weight is 329 g/mol. The largest absolute Gasteiger partial charge is 0.367 e. The molecule has 0 spiro atoms. The lowest BCUT2D eigenvalue weighted by molar-refractivity contribution is 0.522. The Morgan fingerprint density at radius 2 is 1.88 bits per heavy atom. The summed E-state index contributed by atoms with van der Waals surface area (Å²) in [6.07, 6.45) is 3.71. The molecule has 0 bridgehead atoms. The third kappa shape index (κ3) is 3.38. The van der Waals surface area contributed by atoms with Crippen molar-refractivity contribution in [3.8, 4) is 6.07 Å². The minimum absolute atomic E-state index is 0.420. The van der Waals surface area contributed by atoms with Crippen LogP contribution in [0, 0.1) is 11.3 Å². The zero-order valence-electron chi connectivity index (χ0n) is 13.9. The van der Waals surface area contributed by atoms with Crippen molar-refractivity contribution >= 4 is 22.5 Å². The molecule has 3 heterocycles. The summed E-state index contributed by atoms with van der Waals surface area (Å²) in [5, 5.41) is 13.6. The number of benzene rings is 1. The minimum atomic E-state index is 0.420. The predicted octanol–water partition coefficient (Wildman–Crippen LogP) is 3.58. The second-order valence-corrected chi connectivity index (χ2v) is 6.31. The number of hydrogen-bond donors (Lipinski definition) is 1. The van der Waals surface area contributed by atoms with E-state index in [1.807, 2.05) is 30.3 Å². The summed E-state index contributed by atoms with van der Waals surface area (Å²) in [6, 6.07) is 18.6. The first kappa shape index (κ1) is 15.4. The van der Waals surface area contributed by atoms with Gasteiger partial charge in [0.05, 0.1) is 11.1 Å². The molecule has 1 aliphatic rings. The van der Waals surface area contributed by atoms with Crippen LogP contribution < -0.4 is 10.2 Å². The van der Waals surface area contributed by atoms with Gasteiger partial charge in [0.15, 0.2) is 0 Å². The molecule has 0 unspecified atom stereocenters. The molecule has 0 amide bonds. The molecule has 0 saturated carbocycles. The van der Waals surface area contributed by atoms with Crippen LogP contribution in [0.1, 0.15) is 18.4 Å². The zero-order valence-corrected chi connectivity index (χ0v) is 13.9. The summed E-state index contributed by atoms with van der Waals surface area (Å²) in [6.45, 7) is 1.90. The highest BCUT2D eigenvalue weighted by Gasteiger charge is 2.20. The number of hydrogen-bond acceptors (Lipinski definition) is 5. The first-order valence-electron chi connectivity index (χ1n) is 8.55. The lowest BCUT2D eigenvalue weighted by Crippen LogP contribution is -2.39. The van der Waals surface area contributed by atoms with Crippen molar-refractivity contribution in [2.24, 2.45) is 0 Å². The van der Waals surface area contributed by atoms with Gasteiger partial charge in [-0.2, -0.15) is 5.26 Å². The third-order valence-electron chi connectivity index (χ3n) is 4.65. The molecule has 1 saturated heterocycles. The molecule has 3 aromatic rings. The van der Waals surface area contributed by atoms with Crippen molar-refractivity contribution in [1.29, 1.82) is 5.26 Å². The summed E-state index contributed by atoms with van der Waals surface area (Å²) in [5.41, 5.74) is 1.62. The van der Waals surface area contributed by atoms with Gasteiger partial charge in [-0.05, 0) is 43.2 Å².